The molecular weight excluding hydrogens is 220 g/mol. The zero-order valence-electron chi connectivity index (χ0n) is 12.1. The van der Waals surface area contributed by atoms with Crippen LogP contribution in [0.25, 0.3) is 0 Å². The van der Waals surface area contributed by atoms with E-state index in [1.165, 1.54) is 49.2 Å². The SMILES string of the molecule is C=CC1=C(/C(C)=C\C)N2CCN(C)CC2CCC1. The van der Waals surface area contributed by atoms with E-state index >= 15 is 0 Å². The summed E-state index contributed by atoms with van der Waals surface area (Å²) in [7, 11) is 2.24. The van der Waals surface area contributed by atoms with Gasteiger partial charge in [0.25, 0.3) is 0 Å². The Kier molecular flexibility index (Phi) is 4.28. The minimum absolute atomic E-state index is 0.686. The molecule has 1 unspecified atom stereocenters. The Balaban J connectivity index is 2.38. The molecule has 0 N–H and O–H groups in total. The largest absolute Gasteiger partial charge is 0.366 e. The highest BCUT2D eigenvalue weighted by molar-refractivity contribution is 5.39. The molecule has 2 heterocycles. The Morgan fingerprint density at radius 1 is 1.39 bits per heavy atom. The van der Waals surface area contributed by atoms with Crippen LogP contribution in [-0.4, -0.2) is 42.5 Å². The first-order valence-electron chi connectivity index (χ1n) is 7.11. The standard InChI is InChI=1S/C16H26N2/c1-5-13(3)16-14(6-2)8-7-9-15-12-17(4)10-11-18(15)16/h5-6,15H,2,7-12H2,1,3-4H3/b13-5-. The van der Waals surface area contributed by atoms with Crippen LogP contribution in [0.5, 0.6) is 0 Å². The number of hydrogen-bond acceptors (Lipinski definition) is 2. The summed E-state index contributed by atoms with van der Waals surface area (Å²) in [6.07, 6.45) is 8.09. The molecule has 2 aliphatic heterocycles. The van der Waals surface area contributed by atoms with Crippen LogP contribution in [0.2, 0.25) is 0 Å². The first-order valence-corrected chi connectivity index (χ1v) is 7.11. The summed E-state index contributed by atoms with van der Waals surface area (Å²) in [6, 6.07) is 0.686. The van der Waals surface area contributed by atoms with Crippen molar-refractivity contribution in [3.8, 4) is 0 Å². The minimum Gasteiger partial charge on any atom is -0.366 e. The number of nitrogens with zero attached hydrogens (tertiary/aromatic N) is 2. The summed E-state index contributed by atoms with van der Waals surface area (Å²) in [5.41, 5.74) is 4.31. The second kappa shape index (κ2) is 5.75. The summed E-state index contributed by atoms with van der Waals surface area (Å²) < 4.78 is 0. The van der Waals surface area contributed by atoms with Crippen molar-refractivity contribution in [2.24, 2.45) is 0 Å². The fraction of sp³-hybridized carbons (Fsp3) is 0.625. The predicted octanol–water partition coefficient (Wildman–Crippen LogP) is 3.19. The van der Waals surface area contributed by atoms with E-state index in [1.54, 1.807) is 0 Å². The third kappa shape index (κ3) is 2.54. The van der Waals surface area contributed by atoms with Gasteiger partial charge in [0.2, 0.25) is 0 Å². The second-order valence-corrected chi connectivity index (χ2v) is 5.55. The molecule has 0 aliphatic carbocycles. The van der Waals surface area contributed by atoms with Crippen molar-refractivity contribution in [3.63, 3.8) is 0 Å². The highest BCUT2D eigenvalue weighted by atomic mass is 15.3. The fourth-order valence-electron chi connectivity index (χ4n) is 3.20. The predicted molar refractivity (Wildman–Crippen MR) is 78.5 cm³/mol. The Hall–Kier alpha value is -1.02. The molecule has 0 radical (unpaired) electrons. The van der Waals surface area contributed by atoms with Crippen LogP contribution in [0.1, 0.15) is 33.1 Å². The molecule has 0 spiro atoms. The van der Waals surface area contributed by atoms with Crippen molar-refractivity contribution >= 4 is 0 Å². The Morgan fingerprint density at radius 3 is 2.83 bits per heavy atom. The number of hydrogen-bond donors (Lipinski definition) is 0. The molecule has 0 aromatic heterocycles. The maximum atomic E-state index is 4.02. The van der Waals surface area contributed by atoms with E-state index in [2.05, 4.69) is 49.4 Å². The number of fused-ring (bicyclic) bond motifs is 1. The van der Waals surface area contributed by atoms with Gasteiger partial charge in [-0.1, -0.05) is 18.7 Å². The van der Waals surface area contributed by atoms with Crippen LogP contribution in [0, 0.1) is 0 Å². The molecule has 1 saturated heterocycles. The van der Waals surface area contributed by atoms with Gasteiger partial charge in [0.15, 0.2) is 0 Å². The molecule has 18 heavy (non-hydrogen) atoms. The molecule has 2 aliphatic rings. The lowest BCUT2D eigenvalue weighted by atomic mass is 10.0. The number of likely N-dealkylation sites (N-methyl/N-ethyl adjacent to an activating group) is 1. The van der Waals surface area contributed by atoms with Gasteiger partial charge in [-0.2, -0.15) is 0 Å². The van der Waals surface area contributed by atoms with E-state index in [-0.39, 0.29) is 0 Å². The summed E-state index contributed by atoms with van der Waals surface area (Å²) in [5, 5.41) is 0. The normalized spacial score (nSPS) is 26.9. The van der Waals surface area contributed by atoms with Crippen molar-refractivity contribution in [2.75, 3.05) is 26.7 Å². The first kappa shape index (κ1) is 13.4. The van der Waals surface area contributed by atoms with Crippen LogP contribution in [0.3, 0.4) is 0 Å². The van der Waals surface area contributed by atoms with E-state index in [1.807, 2.05) is 0 Å². The maximum Gasteiger partial charge on any atom is 0.0428 e. The molecule has 2 rings (SSSR count). The van der Waals surface area contributed by atoms with Gasteiger partial charge in [-0.15, -0.1) is 0 Å². The van der Waals surface area contributed by atoms with Crippen LogP contribution in [-0.2, 0) is 0 Å². The van der Waals surface area contributed by atoms with Crippen molar-refractivity contribution in [3.05, 3.63) is 35.6 Å². The molecular formula is C16H26N2. The van der Waals surface area contributed by atoms with Gasteiger partial charge in [0.05, 0.1) is 0 Å². The van der Waals surface area contributed by atoms with Gasteiger partial charge in [-0.25, -0.2) is 0 Å². The van der Waals surface area contributed by atoms with Crippen molar-refractivity contribution in [1.82, 2.24) is 9.80 Å². The van der Waals surface area contributed by atoms with E-state index in [4.69, 9.17) is 0 Å². The Labute approximate surface area is 112 Å². The quantitative estimate of drug-likeness (QED) is 0.738. The summed E-state index contributed by atoms with van der Waals surface area (Å²) >= 11 is 0. The maximum absolute atomic E-state index is 4.02. The van der Waals surface area contributed by atoms with Crippen molar-refractivity contribution in [2.45, 2.75) is 39.2 Å². The zero-order valence-corrected chi connectivity index (χ0v) is 12.1. The smallest absolute Gasteiger partial charge is 0.0428 e. The van der Waals surface area contributed by atoms with Crippen LogP contribution >= 0.6 is 0 Å². The van der Waals surface area contributed by atoms with E-state index in [9.17, 15) is 0 Å². The molecule has 0 aromatic carbocycles. The molecule has 0 bridgehead atoms. The van der Waals surface area contributed by atoms with Crippen LogP contribution < -0.4 is 0 Å². The van der Waals surface area contributed by atoms with E-state index in [0.29, 0.717) is 6.04 Å². The van der Waals surface area contributed by atoms with Crippen molar-refractivity contribution in [1.29, 1.82) is 0 Å². The third-order valence-corrected chi connectivity index (χ3v) is 4.31. The monoisotopic (exact) mass is 246 g/mol. The molecule has 0 aromatic rings. The second-order valence-electron chi connectivity index (χ2n) is 5.55. The average Bonchev–Trinajstić information content (AvgIpc) is 2.56. The average molecular weight is 246 g/mol. The number of allylic oxidation sites excluding steroid dienone is 4. The van der Waals surface area contributed by atoms with Gasteiger partial charge in [0.1, 0.15) is 0 Å². The van der Waals surface area contributed by atoms with Crippen LogP contribution in [0.4, 0.5) is 0 Å². The van der Waals surface area contributed by atoms with Gasteiger partial charge < -0.3 is 9.80 Å². The lowest BCUT2D eigenvalue weighted by Crippen LogP contribution is -2.51. The summed E-state index contributed by atoms with van der Waals surface area (Å²) in [4.78, 5) is 5.10. The minimum atomic E-state index is 0.686. The zero-order chi connectivity index (χ0) is 13.1. The molecule has 100 valence electrons. The van der Waals surface area contributed by atoms with Crippen LogP contribution in [0.15, 0.2) is 35.6 Å². The number of piperazine rings is 1. The van der Waals surface area contributed by atoms with Crippen molar-refractivity contribution < 1.29 is 0 Å². The summed E-state index contributed by atoms with van der Waals surface area (Å²) in [6.45, 7) is 11.9. The van der Waals surface area contributed by atoms with Gasteiger partial charge in [0, 0.05) is 31.4 Å². The van der Waals surface area contributed by atoms with E-state index in [0.717, 1.165) is 6.54 Å². The summed E-state index contributed by atoms with van der Waals surface area (Å²) in [5.74, 6) is 0. The van der Waals surface area contributed by atoms with E-state index < -0.39 is 0 Å². The molecule has 0 amide bonds. The molecule has 2 nitrogen and oxygen atoms in total. The van der Waals surface area contributed by atoms with Gasteiger partial charge in [-0.05, 0) is 51.3 Å². The number of rotatable bonds is 2. The first-order chi connectivity index (χ1) is 8.67. The van der Waals surface area contributed by atoms with Gasteiger partial charge >= 0.3 is 0 Å². The van der Waals surface area contributed by atoms with Gasteiger partial charge in [-0.3, -0.25) is 0 Å². The molecule has 0 saturated carbocycles. The highest BCUT2D eigenvalue weighted by Gasteiger charge is 2.30. The molecule has 2 heteroatoms. The Bertz CT molecular complexity index is 379. The molecule has 1 fully saturated rings. The Morgan fingerprint density at radius 2 is 2.17 bits per heavy atom. The molecule has 1 atom stereocenters. The third-order valence-electron chi connectivity index (χ3n) is 4.31. The topological polar surface area (TPSA) is 6.48 Å². The highest BCUT2D eigenvalue weighted by Crippen LogP contribution is 2.32. The lowest BCUT2D eigenvalue weighted by molar-refractivity contribution is 0.119. The lowest BCUT2D eigenvalue weighted by Gasteiger charge is -2.42. The fourth-order valence-corrected chi connectivity index (χ4v) is 3.20.